The van der Waals surface area contributed by atoms with Crippen molar-refractivity contribution in [2.75, 3.05) is 11.4 Å². The van der Waals surface area contributed by atoms with E-state index in [1.807, 2.05) is 36.1 Å². The summed E-state index contributed by atoms with van der Waals surface area (Å²) in [5, 5.41) is 10.6. The summed E-state index contributed by atoms with van der Waals surface area (Å²) in [6.45, 7) is 2.67. The lowest BCUT2D eigenvalue weighted by atomic mass is 10.1. The number of nitrogens with zero attached hydrogens (tertiary/aromatic N) is 1. The second kappa shape index (κ2) is 6.76. The predicted octanol–water partition coefficient (Wildman–Crippen LogP) is 0.910. The van der Waals surface area contributed by atoms with Crippen molar-refractivity contribution in [2.45, 2.75) is 13.3 Å². The van der Waals surface area contributed by atoms with Gasteiger partial charge in [-0.1, -0.05) is 24.3 Å². The maximum atomic E-state index is 10.2. The van der Waals surface area contributed by atoms with Crippen molar-refractivity contribution in [3.8, 4) is 0 Å². The number of hydrogen-bond acceptors (Lipinski definition) is 3. The minimum absolute atomic E-state index is 0.0876. The van der Waals surface area contributed by atoms with Crippen LogP contribution in [-0.4, -0.2) is 17.6 Å². The molecule has 0 unspecified atom stereocenters. The van der Waals surface area contributed by atoms with Crippen molar-refractivity contribution in [1.29, 1.82) is 0 Å². The van der Waals surface area contributed by atoms with Gasteiger partial charge in [0.05, 0.1) is 0 Å². The number of carbonyl (C=O) groups is 1. The van der Waals surface area contributed by atoms with Gasteiger partial charge < -0.3 is 20.5 Å². The Morgan fingerprint density at radius 1 is 1.44 bits per heavy atom. The molecule has 0 saturated heterocycles. The highest BCUT2D eigenvalue weighted by Gasteiger charge is 2.05. The van der Waals surface area contributed by atoms with E-state index in [1.165, 1.54) is 0 Å². The number of carbonyl (C=O) groups excluding carboxylic acids is 1. The summed E-state index contributed by atoms with van der Waals surface area (Å²) >= 11 is 4.95. The summed E-state index contributed by atoms with van der Waals surface area (Å²) in [7, 11) is 0. The molecular weight excluding hydrogens is 248 g/mol. The fourth-order valence-corrected chi connectivity index (χ4v) is 1.76. The molecule has 0 aromatic heterocycles. The van der Waals surface area contributed by atoms with Gasteiger partial charge in [-0.3, -0.25) is 0 Å². The molecule has 4 nitrogen and oxygen atoms in total. The molecule has 0 aliphatic heterocycles. The molecule has 0 aliphatic carbocycles. The quantitative estimate of drug-likeness (QED) is 0.800. The van der Waals surface area contributed by atoms with E-state index in [0.717, 1.165) is 11.3 Å². The molecular formula is C13H15N2O2S-. The molecule has 0 heterocycles. The van der Waals surface area contributed by atoms with Crippen LogP contribution in [0.3, 0.4) is 0 Å². The van der Waals surface area contributed by atoms with E-state index in [9.17, 15) is 9.90 Å². The minimum Gasteiger partial charge on any atom is -0.550 e. The molecule has 0 bridgehead atoms. The summed E-state index contributed by atoms with van der Waals surface area (Å²) in [5.41, 5.74) is 7.44. The molecule has 0 radical (unpaired) electrons. The third-order valence-electron chi connectivity index (χ3n) is 2.38. The molecule has 1 aromatic rings. The fourth-order valence-electron chi connectivity index (χ4n) is 1.52. The molecule has 0 fully saturated rings. The standard InChI is InChI=1S/C13H16N2O2S/c1-2-15(13(14)18)11-8-6-10(7-9-11)4-3-5-12(16)17/h3-4,6-9H,2,5H2,1H3,(H2,14,18)(H,16,17)/p-1/b4-3+. The Kier molecular flexibility index (Phi) is 5.32. The van der Waals surface area contributed by atoms with Gasteiger partial charge in [0.2, 0.25) is 0 Å². The molecule has 0 amide bonds. The van der Waals surface area contributed by atoms with Gasteiger partial charge in [-0.25, -0.2) is 0 Å². The summed E-state index contributed by atoms with van der Waals surface area (Å²) in [6.07, 6.45) is 3.20. The van der Waals surface area contributed by atoms with Crippen LogP contribution >= 0.6 is 12.2 Å². The Bertz CT molecular complexity index is 455. The third-order valence-corrected chi connectivity index (χ3v) is 2.60. The Balaban J connectivity index is 2.76. The van der Waals surface area contributed by atoms with Crippen molar-refractivity contribution in [3.63, 3.8) is 0 Å². The first-order valence-corrected chi connectivity index (χ1v) is 5.99. The Morgan fingerprint density at radius 2 is 2.06 bits per heavy atom. The number of carboxylic acid groups (broad SMARTS) is 1. The van der Waals surface area contributed by atoms with Gasteiger partial charge in [-0.2, -0.15) is 0 Å². The van der Waals surface area contributed by atoms with Crippen LogP contribution in [0.1, 0.15) is 18.9 Å². The molecule has 0 saturated carbocycles. The number of benzene rings is 1. The third kappa shape index (κ3) is 4.18. The summed E-state index contributed by atoms with van der Waals surface area (Å²) in [6, 6.07) is 7.53. The second-order valence-corrected chi connectivity index (χ2v) is 4.07. The monoisotopic (exact) mass is 263 g/mol. The van der Waals surface area contributed by atoms with E-state index >= 15 is 0 Å². The molecule has 0 spiro atoms. The number of rotatable bonds is 5. The smallest absolute Gasteiger partial charge is 0.170 e. The number of aliphatic carboxylic acids is 1. The van der Waals surface area contributed by atoms with Crippen LogP contribution < -0.4 is 15.7 Å². The predicted molar refractivity (Wildman–Crippen MR) is 74.9 cm³/mol. The average molecular weight is 263 g/mol. The zero-order chi connectivity index (χ0) is 13.5. The molecule has 96 valence electrons. The Labute approximate surface area is 112 Å². The van der Waals surface area contributed by atoms with Gasteiger partial charge in [0.25, 0.3) is 0 Å². The maximum Gasteiger partial charge on any atom is 0.170 e. The molecule has 18 heavy (non-hydrogen) atoms. The molecule has 1 aromatic carbocycles. The van der Waals surface area contributed by atoms with Gasteiger partial charge in [-0.05, 0) is 36.8 Å². The first kappa shape index (κ1) is 14.2. The van der Waals surface area contributed by atoms with Crippen LogP contribution in [0, 0.1) is 0 Å². The lowest BCUT2D eigenvalue weighted by Gasteiger charge is -2.20. The zero-order valence-electron chi connectivity index (χ0n) is 10.1. The van der Waals surface area contributed by atoms with E-state index in [1.54, 1.807) is 12.2 Å². The molecule has 0 aliphatic rings. The van der Waals surface area contributed by atoms with Gasteiger partial charge in [0.15, 0.2) is 5.11 Å². The lowest BCUT2D eigenvalue weighted by molar-refractivity contribution is -0.304. The largest absolute Gasteiger partial charge is 0.550 e. The first-order chi connectivity index (χ1) is 8.54. The van der Waals surface area contributed by atoms with Crippen LogP contribution in [0.15, 0.2) is 30.3 Å². The summed E-state index contributed by atoms with van der Waals surface area (Å²) < 4.78 is 0. The average Bonchev–Trinajstić information content (AvgIpc) is 2.31. The summed E-state index contributed by atoms with van der Waals surface area (Å²) in [5.74, 6) is -1.09. The van der Waals surface area contributed by atoms with Gasteiger partial charge in [0, 0.05) is 24.6 Å². The molecule has 0 atom stereocenters. The molecule has 1 rings (SSSR count). The van der Waals surface area contributed by atoms with E-state index < -0.39 is 5.97 Å². The molecule has 2 N–H and O–H groups in total. The maximum absolute atomic E-state index is 10.2. The van der Waals surface area contributed by atoms with E-state index in [-0.39, 0.29) is 6.42 Å². The zero-order valence-corrected chi connectivity index (χ0v) is 10.9. The normalized spacial score (nSPS) is 10.5. The number of hydrogen-bond donors (Lipinski definition) is 1. The van der Waals surface area contributed by atoms with Crippen LogP contribution in [0.4, 0.5) is 5.69 Å². The highest BCUT2D eigenvalue weighted by Crippen LogP contribution is 2.15. The fraction of sp³-hybridized carbons (Fsp3) is 0.231. The van der Waals surface area contributed by atoms with Gasteiger partial charge in [0.1, 0.15) is 0 Å². The van der Waals surface area contributed by atoms with Crippen molar-refractivity contribution in [3.05, 3.63) is 35.9 Å². The van der Waals surface area contributed by atoms with Crippen molar-refractivity contribution >= 4 is 35.1 Å². The van der Waals surface area contributed by atoms with E-state index in [0.29, 0.717) is 11.7 Å². The van der Waals surface area contributed by atoms with Crippen LogP contribution in [0.2, 0.25) is 0 Å². The first-order valence-electron chi connectivity index (χ1n) is 5.58. The van der Waals surface area contributed by atoms with E-state index in [2.05, 4.69) is 0 Å². The van der Waals surface area contributed by atoms with Gasteiger partial charge in [-0.15, -0.1) is 0 Å². The summed E-state index contributed by atoms with van der Waals surface area (Å²) in [4.78, 5) is 12.1. The topological polar surface area (TPSA) is 69.4 Å². The number of nitrogens with two attached hydrogens (primary N) is 1. The minimum atomic E-state index is -1.09. The van der Waals surface area contributed by atoms with Crippen molar-refractivity contribution in [1.82, 2.24) is 0 Å². The SMILES string of the molecule is CCN(C(N)=S)c1ccc(/C=C/CC(=O)[O-])cc1. The Hall–Kier alpha value is -1.88. The number of anilines is 1. The van der Waals surface area contributed by atoms with Crippen molar-refractivity contribution < 1.29 is 9.90 Å². The number of thiocarbonyl (C=S) groups is 1. The van der Waals surface area contributed by atoms with E-state index in [4.69, 9.17) is 18.0 Å². The lowest BCUT2D eigenvalue weighted by Crippen LogP contribution is -2.35. The van der Waals surface area contributed by atoms with Crippen LogP contribution in [0.25, 0.3) is 6.08 Å². The van der Waals surface area contributed by atoms with Crippen LogP contribution in [-0.2, 0) is 4.79 Å². The Morgan fingerprint density at radius 3 is 2.50 bits per heavy atom. The van der Waals surface area contributed by atoms with Gasteiger partial charge >= 0.3 is 0 Å². The molecule has 5 heteroatoms. The van der Waals surface area contributed by atoms with Crippen LogP contribution in [0.5, 0.6) is 0 Å². The highest BCUT2D eigenvalue weighted by atomic mass is 32.1. The highest BCUT2D eigenvalue weighted by molar-refractivity contribution is 7.80. The number of carboxylic acids is 1. The second-order valence-electron chi connectivity index (χ2n) is 3.65. The van der Waals surface area contributed by atoms with Crippen molar-refractivity contribution in [2.24, 2.45) is 5.73 Å².